The number of hydrogen-bond donors (Lipinski definition) is 3. The molecule has 2 rings (SSSR count). The fourth-order valence-electron chi connectivity index (χ4n) is 2.06. The first-order chi connectivity index (χ1) is 12.8. The smallest absolute Gasteiger partial charge is 0.351 e. The van der Waals surface area contributed by atoms with Crippen molar-refractivity contribution in [1.29, 1.82) is 0 Å². The molecule has 0 aromatic carbocycles. The number of rotatable bonds is 8. The average Bonchev–Trinajstić information content (AvgIpc) is 2.64. The molecular formula is C16H18F2N4O5. The number of hydrogen-bond acceptors (Lipinski definition) is 7. The predicted octanol–water partition coefficient (Wildman–Crippen LogP) is 0.333. The van der Waals surface area contributed by atoms with Gasteiger partial charge in [0.15, 0.2) is 6.23 Å². The van der Waals surface area contributed by atoms with Crippen LogP contribution in [-0.4, -0.2) is 56.4 Å². The van der Waals surface area contributed by atoms with Crippen LogP contribution in [0.25, 0.3) is 0 Å². The summed E-state index contributed by atoms with van der Waals surface area (Å²) < 4.78 is 31.6. The highest BCUT2D eigenvalue weighted by Crippen LogP contribution is 2.14. The molecule has 3 N–H and O–H groups in total. The highest BCUT2D eigenvalue weighted by molar-refractivity contribution is 6.02. The van der Waals surface area contributed by atoms with Crippen LogP contribution in [-0.2, 0) is 4.74 Å². The van der Waals surface area contributed by atoms with E-state index in [2.05, 4.69) is 15.3 Å². The zero-order valence-electron chi connectivity index (χ0n) is 14.2. The Kier molecular flexibility index (Phi) is 7.05. The minimum Gasteiger partial charge on any atom is -0.393 e. The molecule has 27 heavy (non-hydrogen) atoms. The molecule has 0 fully saturated rings. The van der Waals surface area contributed by atoms with Crippen LogP contribution in [0.4, 0.5) is 14.6 Å². The lowest BCUT2D eigenvalue weighted by molar-refractivity contribution is -0.165. The fraction of sp³-hybridized carbons (Fsp3) is 0.375. The Morgan fingerprint density at radius 2 is 2.15 bits per heavy atom. The molecule has 11 heteroatoms. The summed E-state index contributed by atoms with van der Waals surface area (Å²) >= 11 is 0. The van der Waals surface area contributed by atoms with Crippen LogP contribution in [0.3, 0.4) is 0 Å². The molecule has 0 aliphatic heterocycles. The van der Waals surface area contributed by atoms with Crippen LogP contribution < -0.4 is 11.0 Å². The number of alkyl halides is 2. The van der Waals surface area contributed by atoms with Gasteiger partial charge in [0.25, 0.3) is 5.91 Å². The lowest BCUT2D eigenvalue weighted by Gasteiger charge is -2.23. The van der Waals surface area contributed by atoms with E-state index in [0.29, 0.717) is 4.57 Å². The highest BCUT2D eigenvalue weighted by atomic mass is 19.1. The largest absolute Gasteiger partial charge is 0.393 e. The van der Waals surface area contributed by atoms with Crippen molar-refractivity contribution in [2.24, 2.45) is 0 Å². The van der Waals surface area contributed by atoms with Crippen LogP contribution in [0.15, 0.2) is 35.4 Å². The number of aliphatic hydroxyl groups excluding tert-OH is 2. The number of carbonyl (C=O) groups excluding carboxylic acids is 1. The van der Waals surface area contributed by atoms with Gasteiger partial charge in [-0.1, -0.05) is 6.07 Å². The number of aliphatic hydroxyl groups is 2. The summed E-state index contributed by atoms with van der Waals surface area (Å²) in [6.07, 6.45) is -3.33. The van der Waals surface area contributed by atoms with Crippen LogP contribution in [0, 0.1) is 6.92 Å². The van der Waals surface area contributed by atoms with Gasteiger partial charge >= 0.3 is 5.69 Å². The van der Waals surface area contributed by atoms with Crippen molar-refractivity contribution in [3.63, 3.8) is 0 Å². The number of nitrogens with one attached hydrogen (secondary N) is 1. The Morgan fingerprint density at radius 1 is 1.41 bits per heavy atom. The first-order valence-corrected chi connectivity index (χ1v) is 7.83. The van der Waals surface area contributed by atoms with E-state index in [-0.39, 0.29) is 11.5 Å². The minimum absolute atomic E-state index is 0.106. The molecule has 3 atom stereocenters. The number of ether oxygens (including phenoxy) is 1. The Balaban J connectivity index is 2.15. The molecule has 2 aromatic heterocycles. The number of nitrogens with zero attached hydrogens (tertiary/aromatic N) is 3. The Bertz CT molecular complexity index is 828. The predicted molar refractivity (Wildman–Crippen MR) is 89.5 cm³/mol. The van der Waals surface area contributed by atoms with E-state index in [1.54, 1.807) is 6.07 Å². The second-order valence-electron chi connectivity index (χ2n) is 5.52. The SMILES string of the molecule is Cc1ccc(C(=O)Nc2ccn([C@@H](CF)O[C@H](CO)[C@@H](O)F)c(=O)n2)nc1. The molecule has 9 nitrogen and oxygen atoms in total. The van der Waals surface area contributed by atoms with Gasteiger partial charge in [0, 0.05) is 12.4 Å². The third-order valence-corrected chi connectivity index (χ3v) is 3.48. The molecule has 0 bridgehead atoms. The van der Waals surface area contributed by atoms with Gasteiger partial charge in [0.2, 0.25) is 6.36 Å². The molecule has 0 unspecified atom stereocenters. The van der Waals surface area contributed by atoms with Crippen molar-refractivity contribution >= 4 is 11.7 Å². The summed E-state index contributed by atoms with van der Waals surface area (Å²) in [5.41, 5.74) is -0.0132. The molecular weight excluding hydrogens is 366 g/mol. The zero-order valence-corrected chi connectivity index (χ0v) is 14.2. The van der Waals surface area contributed by atoms with Gasteiger partial charge in [-0.2, -0.15) is 4.98 Å². The summed E-state index contributed by atoms with van der Waals surface area (Å²) in [6, 6.07) is 4.39. The van der Waals surface area contributed by atoms with Gasteiger partial charge in [-0.25, -0.2) is 13.6 Å². The first kappa shape index (κ1) is 20.6. The molecule has 0 saturated carbocycles. The maximum atomic E-state index is 13.2. The maximum Gasteiger partial charge on any atom is 0.351 e. The van der Waals surface area contributed by atoms with Crippen molar-refractivity contribution in [2.45, 2.75) is 25.6 Å². The normalized spacial score (nSPS) is 14.4. The summed E-state index contributed by atoms with van der Waals surface area (Å²) in [7, 11) is 0. The van der Waals surface area contributed by atoms with Crippen molar-refractivity contribution < 1.29 is 28.5 Å². The number of aryl methyl sites for hydroxylation is 1. The van der Waals surface area contributed by atoms with Crippen LogP contribution >= 0.6 is 0 Å². The quantitative estimate of drug-likeness (QED) is 0.599. The van der Waals surface area contributed by atoms with Crippen molar-refractivity contribution in [1.82, 2.24) is 14.5 Å². The van der Waals surface area contributed by atoms with Gasteiger partial charge in [-0.05, 0) is 24.6 Å². The summed E-state index contributed by atoms with van der Waals surface area (Å²) in [5, 5.41) is 20.1. The lowest BCUT2D eigenvalue weighted by Crippen LogP contribution is -2.37. The van der Waals surface area contributed by atoms with Crippen molar-refractivity contribution in [3.8, 4) is 0 Å². The second kappa shape index (κ2) is 9.26. The lowest BCUT2D eigenvalue weighted by atomic mass is 10.2. The van der Waals surface area contributed by atoms with E-state index in [0.717, 1.165) is 11.8 Å². The Labute approximate surface area is 152 Å². The van der Waals surface area contributed by atoms with Crippen molar-refractivity contribution in [2.75, 3.05) is 18.6 Å². The maximum absolute atomic E-state index is 13.2. The number of pyridine rings is 1. The second-order valence-corrected chi connectivity index (χ2v) is 5.52. The average molecular weight is 384 g/mol. The van der Waals surface area contributed by atoms with E-state index in [1.165, 1.54) is 18.3 Å². The van der Waals surface area contributed by atoms with Gasteiger partial charge in [-0.3, -0.25) is 14.3 Å². The molecule has 0 spiro atoms. The van der Waals surface area contributed by atoms with Gasteiger partial charge < -0.3 is 20.3 Å². The molecule has 0 saturated heterocycles. The van der Waals surface area contributed by atoms with Crippen LogP contribution in [0.2, 0.25) is 0 Å². The number of anilines is 1. The minimum atomic E-state index is -2.56. The Hall–Kier alpha value is -2.76. The molecule has 0 radical (unpaired) electrons. The third-order valence-electron chi connectivity index (χ3n) is 3.48. The molecule has 0 aliphatic carbocycles. The van der Waals surface area contributed by atoms with Crippen LogP contribution in [0.5, 0.6) is 0 Å². The summed E-state index contributed by atoms with van der Waals surface area (Å²) in [5.74, 6) is -0.704. The number of aromatic nitrogens is 3. The summed E-state index contributed by atoms with van der Waals surface area (Å²) in [6.45, 7) is -0.361. The Morgan fingerprint density at radius 3 is 2.67 bits per heavy atom. The van der Waals surface area contributed by atoms with Crippen LogP contribution in [0.1, 0.15) is 22.3 Å². The zero-order chi connectivity index (χ0) is 20.0. The molecule has 146 valence electrons. The topological polar surface area (TPSA) is 127 Å². The molecule has 2 aromatic rings. The molecule has 0 aliphatic rings. The highest BCUT2D eigenvalue weighted by Gasteiger charge is 2.25. The summed E-state index contributed by atoms with van der Waals surface area (Å²) in [4.78, 5) is 31.7. The first-order valence-electron chi connectivity index (χ1n) is 7.83. The van der Waals surface area contributed by atoms with E-state index in [1.807, 2.05) is 6.92 Å². The van der Waals surface area contributed by atoms with E-state index >= 15 is 0 Å². The van der Waals surface area contributed by atoms with E-state index in [4.69, 9.17) is 14.9 Å². The van der Waals surface area contributed by atoms with Gasteiger partial charge in [0.1, 0.15) is 24.3 Å². The van der Waals surface area contributed by atoms with Gasteiger partial charge in [0.05, 0.1) is 6.61 Å². The molecule has 1 amide bonds. The fourth-order valence-corrected chi connectivity index (χ4v) is 2.06. The standard InChI is InChI=1S/C16H18F2N4O5/c1-9-2-3-10(19-7-9)15(25)20-12-4-5-22(16(26)21-12)13(6-17)27-11(8-23)14(18)24/h2-5,7,11,13-14,23-24H,6,8H2,1H3,(H,20,21,25,26)/t11-,13-,14-/m1/s1. The third kappa shape index (κ3) is 5.36. The van der Waals surface area contributed by atoms with E-state index in [9.17, 15) is 18.4 Å². The van der Waals surface area contributed by atoms with Gasteiger partial charge in [-0.15, -0.1) is 0 Å². The monoisotopic (exact) mass is 384 g/mol. The number of carbonyl (C=O) groups is 1. The van der Waals surface area contributed by atoms with Crippen molar-refractivity contribution in [3.05, 3.63) is 52.3 Å². The molecule has 2 heterocycles. The van der Waals surface area contributed by atoms with E-state index < -0.39 is 43.6 Å². The number of halogens is 2. The number of amides is 1.